The first-order valence-corrected chi connectivity index (χ1v) is 3.03. The average Bonchev–Trinajstić information content (AvgIpc) is 1.88. The summed E-state index contributed by atoms with van der Waals surface area (Å²) in [4.78, 5) is 14.4. The summed E-state index contributed by atoms with van der Waals surface area (Å²) in [5, 5.41) is 8.49. The van der Waals surface area contributed by atoms with E-state index >= 15 is 0 Å². The van der Waals surface area contributed by atoms with Gasteiger partial charge >= 0.3 is 5.97 Å². The van der Waals surface area contributed by atoms with E-state index in [-0.39, 0.29) is 5.56 Å². The lowest BCUT2D eigenvalue weighted by Gasteiger charge is -1.94. The molecule has 0 fully saturated rings. The topological polar surface area (TPSA) is 50.2 Å². The van der Waals surface area contributed by atoms with Gasteiger partial charge < -0.3 is 5.11 Å². The van der Waals surface area contributed by atoms with Crippen LogP contribution < -0.4 is 0 Å². The molecule has 0 spiro atoms. The van der Waals surface area contributed by atoms with E-state index in [1.807, 2.05) is 0 Å². The quantitative estimate of drug-likeness (QED) is 0.596. The summed E-state index contributed by atoms with van der Waals surface area (Å²) in [7, 11) is 0. The van der Waals surface area contributed by atoms with Crippen molar-refractivity contribution in [2.24, 2.45) is 0 Å². The first-order valence-electron chi connectivity index (χ1n) is 2.58. The van der Waals surface area contributed by atoms with E-state index in [4.69, 9.17) is 5.11 Å². The van der Waals surface area contributed by atoms with E-state index in [1.54, 1.807) is 0 Å². The summed E-state index contributed by atoms with van der Waals surface area (Å²) < 4.78 is 0. The van der Waals surface area contributed by atoms with Crippen LogP contribution in [0.5, 0.6) is 0 Å². The van der Waals surface area contributed by atoms with E-state index in [9.17, 15) is 4.79 Å². The molecule has 0 amide bonds. The smallest absolute Gasteiger partial charge is 0.336 e. The minimum absolute atomic E-state index is 0.179. The Hall–Kier alpha value is -1.03. The van der Waals surface area contributed by atoms with Crippen molar-refractivity contribution in [2.45, 2.75) is 4.90 Å². The van der Waals surface area contributed by atoms with Gasteiger partial charge in [0, 0.05) is 17.3 Å². The van der Waals surface area contributed by atoms with Crippen molar-refractivity contribution in [3.63, 3.8) is 0 Å². The fraction of sp³-hybridized carbons (Fsp3) is 0. The number of thiol groups is 1. The van der Waals surface area contributed by atoms with Gasteiger partial charge in [-0.25, -0.2) is 4.79 Å². The van der Waals surface area contributed by atoms with Crippen LogP contribution in [0, 0.1) is 0 Å². The minimum atomic E-state index is -0.979. The normalized spacial score (nSPS) is 9.30. The van der Waals surface area contributed by atoms with E-state index in [2.05, 4.69) is 17.6 Å². The number of hydrogen-bond acceptors (Lipinski definition) is 3. The molecule has 3 nitrogen and oxygen atoms in total. The monoisotopic (exact) mass is 155 g/mol. The Labute approximate surface area is 63.1 Å². The van der Waals surface area contributed by atoms with Crippen molar-refractivity contribution >= 4 is 18.6 Å². The summed E-state index contributed by atoms with van der Waals surface area (Å²) in [5.74, 6) is -0.979. The number of hydrogen-bond donors (Lipinski definition) is 2. The van der Waals surface area contributed by atoms with Gasteiger partial charge in [-0.3, -0.25) is 4.98 Å². The molecule has 0 unspecified atom stereocenters. The molecule has 0 aliphatic carbocycles. The van der Waals surface area contributed by atoms with Crippen LogP contribution in [-0.4, -0.2) is 16.1 Å². The first kappa shape index (κ1) is 7.08. The van der Waals surface area contributed by atoms with E-state index in [1.165, 1.54) is 18.5 Å². The van der Waals surface area contributed by atoms with Gasteiger partial charge in [-0.1, -0.05) is 0 Å². The highest BCUT2D eigenvalue weighted by Crippen LogP contribution is 2.09. The van der Waals surface area contributed by atoms with Crippen LogP contribution in [0.25, 0.3) is 0 Å². The lowest BCUT2D eigenvalue weighted by atomic mass is 10.3. The van der Waals surface area contributed by atoms with Gasteiger partial charge in [0.2, 0.25) is 0 Å². The zero-order valence-corrected chi connectivity index (χ0v) is 5.88. The highest BCUT2D eigenvalue weighted by Gasteiger charge is 2.04. The first-order chi connectivity index (χ1) is 4.72. The van der Waals surface area contributed by atoms with Crippen LogP contribution in [0.3, 0.4) is 0 Å². The molecule has 0 saturated heterocycles. The summed E-state index contributed by atoms with van der Waals surface area (Å²) in [6.07, 6.45) is 2.82. The Morgan fingerprint density at radius 3 is 2.80 bits per heavy atom. The minimum Gasteiger partial charge on any atom is -0.478 e. The zero-order chi connectivity index (χ0) is 7.56. The number of carboxylic acids is 1. The maximum absolute atomic E-state index is 10.3. The molecule has 52 valence electrons. The van der Waals surface area contributed by atoms with Crippen molar-refractivity contribution in [1.29, 1.82) is 0 Å². The molecule has 4 heteroatoms. The van der Waals surface area contributed by atoms with Gasteiger partial charge in [-0.15, -0.1) is 12.6 Å². The molecule has 0 aromatic carbocycles. The van der Waals surface area contributed by atoms with Gasteiger partial charge in [-0.2, -0.15) is 0 Å². The Balaban J connectivity index is 3.15. The predicted octanol–water partition coefficient (Wildman–Crippen LogP) is 1.07. The summed E-state index contributed by atoms with van der Waals surface area (Å²) >= 11 is 3.89. The van der Waals surface area contributed by atoms with Crippen LogP contribution in [0.2, 0.25) is 0 Å². The molecule has 0 aliphatic heterocycles. The number of carboxylic acid groups (broad SMARTS) is 1. The zero-order valence-electron chi connectivity index (χ0n) is 4.98. The number of carbonyl (C=O) groups is 1. The third-order valence-electron chi connectivity index (χ3n) is 1.03. The third-order valence-corrected chi connectivity index (χ3v) is 1.39. The highest BCUT2D eigenvalue weighted by molar-refractivity contribution is 7.80. The third kappa shape index (κ3) is 1.27. The van der Waals surface area contributed by atoms with Crippen LogP contribution in [-0.2, 0) is 0 Å². The molecule has 0 atom stereocenters. The molecule has 10 heavy (non-hydrogen) atoms. The van der Waals surface area contributed by atoms with Gasteiger partial charge in [0.15, 0.2) is 0 Å². The maximum atomic E-state index is 10.3. The summed E-state index contributed by atoms with van der Waals surface area (Å²) in [6, 6.07) is 1.41. The molecule has 0 saturated carbocycles. The second-order valence-electron chi connectivity index (χ2n) is 1.70. The molecule has 1 aromatic rings. The van der Waals surface area contributed by atoms with E-state index in [0.29, 0.717) is 4.90 Å². The molecular weight excluding hydrogens is 150 g/mol. The van der Waals surface area contributed by atoms with Crippen LogP contribution >= 0.6 is 12.6 Å². The van der Waals surface area contributed by atoms with Crippen LogP contribution in [0.1, 0.15) is 10.4 Å². The number of nitrogens with zero attached hydrogens (tertiary/aromatic N) is 1. The number of aromatic nitrogens is 1. The van der Waals surface area contributed by atoms with E-state index < -0.39 is 5.97 Å². The predicted molar refractivity (Wildman–Crippen MR) is 38.4 cm³/mol. The molecule has 0 radical (unpaired) electrons. The van der Waals surface area contributed by atoms with Crippen molar-refractivity contribution in [3.8, 4) is 0 Å². The molecule has 1 N–H and O–H groups in total. The second-order valence-corrected chi connectivity index (χ2v) is 2.18. The fourth-order valence-electron chi connectivity index (χ4n) is 0.567. The van der Waals surface area contributed by atoms with Crippen molar-refractivity contribution in [2.75, 3.05) is 0 Å². The van der Waals surface area contributed by atoms with Gasteiger partial charge in [0.05, 0.1) is 5.56 Å². The van der Waals surface area contributed by atoms with Crippen molar-refractivity contribution < 1.29 is 9.90 Å². The largest absolute Gasteiger partial charge is 0.478 e. The lowest BCUT2D eigenvalue weighted by Crippen LogP contribution is -1.97. The van der Waals surface area contributed by atoms with Crippen molar-refractivity contribution in [1.82, 2.24) is 4.98 Å². The van der Waals surface area contributed by atoms with Gasteiger partial charge in [0.25, 0.3) is 0 Å². The summed E-state index contributed by atoms with van der Waals surface area (Å²) in [5.41, 5.74) is 0.179. The molecular formula is C6H5NO2S. The number of rotatable bonds is 1. The second kappa shape index (κ2) is 2.70. The standard InChI is InChI=1S/C6H5NO2S/c8-6(9)4-1-2-7-3-5(4)10/h1-3,10H,(H,8,9). The average molecular weight is 155 g/mol. The van der Waals surface area contributed by atoms with Gasteiger partial charge in [-0.05, 0) is 6.07 Å². The molecule has 0 bridgehead atoms. The molecule has 1 aromatic heterocycles. The Bertz CT molecular complexity index is 262. The van der Waals surface area contributed by atoms with Crippen LogP contribution in [0.4, 0.5) is 0 Å². The Morgan fingerprint density at radius 2 is 2.40 bits per heavy atom. The Kier molecular flexibility index (Phi) is 1.91. The Morgan fingerprint density at radius 1 is 1.70 bits per heavy atom. The van der Waals surface area contributed by atoms with Gasteiger partial charge in [0.1, 0.15) is 0 Å². The summed E-state index contributed by atoms with van der Waals surface area (Å²) in [6.45, 7) is 0. The number of pyridine rings is 1. The maximum Gasteiger partial charge on any atom is 0.336 e. The molecule has 1 rings (SSSR count). The highest BCUT2D eigenvalue weighted by atomic mass is 32.1. The van der Waals surface area contributed by atoms with E-state index in [0.717, 1.165) is 0 Å². The van der Waals surface area contributed by atoms with Crippen molar-refractivity contribution in [3.05, 3.63) is 24.0 Å². The molecule has 0 aliphatic rings. The van der Waals surface area contributed by atoms with Crippen LogP contribution in [0.15, 0.2) is 23.4 Å². The SMILES string of the molecule is O=C(O)c1ccncc1S. The molecule has 1 heterocycles. The fourth-order valence-corrected chi connectivity index (χ4v) is 0.804. The lowest BCUT2D eigenvalue weighted by molar-refractivity contribution is 0.0693. The number of aromatic carboxylic acids is 1.